The van der Waals surface area contributed by atoms with Gasteiger partial charge in [-0.3, -0.25) is 4.57 Å². The standard InChI is InChI=1S/C16H15F2N5O3/c17-8-1-3-10(18)11(5-8)26-16-21-14(19)13-15(22-16)23(7-20-13)12-4-2-9(6-24)25-12/h1,3,5,7,9,12,24H,2,4,6H2,(H2,19,21,22)/t9-,12+/m0/s1. The number of rotatable bonds is 4. The third-order valence-corrected chi connectivity index (χ3v) is 4.12. The van der Waals surface area contributed by atoms with Gasteiger partial charge in [-0.15, -0.1) is 0 Å². The molecule has 3 N–H and O–H groups in total. The average molecular weight is 363 g/mol. The van der Waals surface area contributed by atoms with Gasteiger partial charge in [-0.1, -0.05) is 0 Å². The van der Waals surface area contributed by atoms with Crippen molar-refractivity contribution in [2.45, 2.75) is 25.2 Å². The molecular formula is C16H15F2N5O3. The summed E-state index contributed by atoms with van der Waals surface area (Å²) in [5.41, 5.74) is 6.57. The Morgan fingerprint density at radius 3 is 2.92 bits per heavy atom. The van der Waals surface area contributed by atoms with Gasteiger partial charge < -0.3 is 20.3 Å². The quantitative estimate of drug-likeness (QED) is 0.731. The molecule has 136 valence electrons. The van der Waals surface area contributed by atoms with E-state index in [1.165, 1.54) is 6.33 Å². The van der Waals surface area contributed by atoms with Gasteiger partial charge in [-0.05, 0) is 25.0 Å². The Labute approximate surface area is 146 Å². The van der Waals surface area contributed by atoms with Crippen LogP contribution < -0.4 is 10.5 Å². The lowest BCUT2D eigenvalue weighted by molar-refractivity contribution is -0.0207. The molecule has 0 radical (unpaired) electrons. The van der Waals surface area contributed by atoms with Crippen LogP contribution >= 0.6 is 0 Å². The van der Waals surface area contributed by atoms with Crippen molar-refractivity contribution in [3.63, 3.8) is 0 Å². The number of hydrogen-bond donors (Lipinski definition) is 2. The van der Waals surface area contributed by atoms with E-state index in [0.29, 0.717) is 24.0 Å². The highest BCUT2D eigenvalue weighted by Crippen LogP contribution is 2.32. The minimum atomic E-state index is -0.757. The van der Waals surface area contributed by atoms with Crippen molar-refractivity contribution in [1.29, 1.82) is 0 Å². The van der Waals surface area contributed by atoms with Crippen LogP contribution in [0.3, 0.4) is 0 Å². The maximum atomic E-state index is 13.8. The topological polar surface area (TPSA) is 108 Å². The van der Waals surface area contributed by atoms with Crippen molar-refractivity contribution < 1.29 is 23.4 Å². The normalized spacial score (nSPS) is 20.0. The molecule has 1 aromatic carbocycles. The maximum absolute atomic E-state index is 13.8. The molecule has 26 heavy (non-hydrogen) atoms. The highest BCUT2D eigenvalue weighted by Gasteiger charge is 2.28. The Balaban J connectivity index is 1.71. The summed E-state index contributed by atoms with van der Waals surface area (Å²) in [7, 11) is 0. The van der Waals surface area contributed by atoms with E-state index in [0.717, 1.165) is 18.2 Å². The van der Waals surface area contributed by atoms with Gasteiger partial charge in [-0.2, -0.15) is 9.97 Å². The molecule has 1 aliphatic heterocycles. The van der Waals surface area contributed by atoms with E-state index in [-0.39, 0.29) is 36.5 Å². The molecule has 0 saturated carbocycles. The van der Waals surface area contributed by atoms with E-state index in [9.17, 15) is 13.9 Å². The second-order valence-corrected chi connectivity index (χ2v) is 5.86. The molecule has 10 heteroatoms. The number of benzene rings is 1. The van der Waals surface area contributed by atoms with Crippen LogP contribution in [-0.4, -0.2) is 37.3 Å². The summed E-state index contributed by atoms with van der Waals surface area (Å²) < 4.78 is 39.7. The summed E-state index contributed by atoms with van der Waals surface area (Å²) in [4.78, 5) is 12.3. The van der Waals surface area contributed by atoms with Gasteiger partial charge in [0.2, 0.25) is 0 Å². The summed E-state index contributed by atoms with van der Waals surface area (Å²) in [6, 6.07) is 2.57. The first-order chi connectivity index (χ1) is 12.5. The Kier molecular flexibility index (Phi) is 4.13. The first-order valence-corrected chi connectivity index (χ1v) is 7.94. The van der Waals surface area contributed by atoms with Crippen LogP contribution in [0.15, 0.2) is 24.5 Å². The number of nitrogen functional groups attached to an aromatic ring is 1. The molecular weight excluding hydrogens is 348 g/mol. The lowest BCUT2D eigenvalue weighted by atomic mass is 10.2. The first kappa shape index (κ1) is 16.6. The Morgan fingerprint density at radius 1 is 1.31 bits per heavy atom. The molecule has 1 aliphatic rings. The molecule has 3 aromatic rings. The van der Waals surface area contributed by atoms with Gasteiger partial charge in [-0.25, -0.2) is 13.8 Å². The minimum Gasteiger partial charge on any atom is -0.421 e. The number of aromatic nitrogens is 4. The first-order valence-electron chi connectivity index (χ1n) is 7.94. The number of hydrogen-bond acceptors (Lipinski definition) is 7. The van der Waals surface area contributed by atoms with Gasteiger partial charge in [0, 0.05) is 6.07 Å². The lowest BCUT2D eigenvalue weighted by Crippen LogP contribution is -2.14. The Hall–Kier alpha value is -2.85. The second-order valence-electron chi connectivity index (χ2n) is 5.86. The molecule has 1 saturated heterocycles. The van der Waals surface area contributed by atoms with E-state index >= 15 is 0 Å². The zero-order valence-electron chi connectivity index (χ0n) is 13.5. The number of aliphatic hydroxyl groups excluding tert-OH is 1. The molecule has 3 heterocycles. The number of anilines is 1. The third-order valence-electron chi connectivity index (χ3n) is 4.12. The summed E-state index contributed by atoms with van der Waals surface area (Å²) in [6.45, 7) is -0.0759. The van der Waals surface area contributed by atoms with Crippen molar-refractivity contribution in [1.82, 2.24) is 19.5 Å². The molecule has 0 bridgehead atoms. The summed E-state index contributed by atoms with van der Waals surface area (Å²) in [5.74, 6) is -1.73. The second kappa shape index (κ2) is 6.46. The SMILES string of the molecule is Nc1nc(Oc2cc(F)ccc2F)nc2c1ncn2[C@H]1CC[C@@H](CO)O1. The van der Waals surface area contributed by atoms with Crippen LogP contribution in [0.5, 0.6) is 11.8 Å². The Morgan fingerprint density at radius 2 is 2.15 bits per heavy atom. The predicted octanol–water partition coefficient (Wildman–Crippen LogP) is 2.15. The largest absolute Gasteiger partial charge is 0.421 e. The van der Waals surface area contributed by atoms with Crippen LogP contribution in [0.4, 0.5) is 14.6 Å². The predicted molar refractivity (Wildman–Crippen MR) is 86.4 cm³/mol. The number of nitrogens with zero attached hydrogens (tertiary/aromatic N) is 4. The zero-order chi connectivity index (χ0) is 18.3. The van der Waals surface area contributed by atoms with Crippen molar-refractivity contribution >= 4 is 17.0 Å². The van der Waals surface area contributed by atoms with Crippen LogP contribution in [0.25, 0.3) is 11.2 Å². The summed E-state index contributed by atoms with van der Waals surface area (Å²) in [6.07, 6.45) is 2.24. The smallest absolute Gasteiger partial charge is 0.326 e. The monoisotopic (exact) mass is 363 g/mol. The lowest BCUT2D eigenvalue weighted by Gasteiger charge is -2.14. The van der Waals surface area contributed by atoms with Crippen LogP contribution in [0.2, 0.25) is 0 Å². The summed E-state index contributed by atoms with van der Waals surface area (Å²) >= 11 is 0. The van der Waals surface area contributed by atoms with Gasteiger partial charge >= 0.3 is 6.01 Å². The number of halogens is 2. The molecule has 2 atom stereocenters. The number of nitrogens with two attached hydrogens (primary N) is 1. The van der Waals surface area contributed by atoms with Gasteiger partial charge in [0.05, 0.1) is 19.0 Å². The highest BCUT2D eigenvalue weighted by molar-refractivity contribution is 5.82. The van der Waals surface area contributed by atoms with E-state index in [1.54, 1.807) is 4.57 Å². The van der Waals surface area contributed by atoms with Crippen molar-refractivity contribution in [3.05, 3.63) is 36.2 Å². The minimum absolute atomic E-state index is 0.0391. The van der Waals surface area contributed by atoms with E-state index < -0.39 is 11.6 Å². The molecule has 8 nitrogen and oxygen atoms in total. The number of ether oxygens (including phenoxy) is 2. The molecule has 0 amide bonds. The van der Waals surface area contributed by atoms with Crippen molar-refractivity contribution in [2.75, 3.05) is 12.3 Å². The molecule has 1 fully saturated rings. The summed E-state index contributed by atoms with van der Waals surface area (Å²) in [5, 5.41) is 9.21. The highest BCUT2D eigenvalue weighted by atomic mass is 19.1. The van der Waals surface area contributed by atoms with Gasteiger partial charge in [0.15, 0.2) is 28.5 Å². The molecule has 0 spiro atoms. The maximum Gasteiger partial charge on any atom is 0.326 e. The van der Waals surface area contributed by atoms with Gasteiger partial charge in [0.1, 0.15) is 12.0 Å². The van der Waals surface area contributed by atoms with Crippen molar-refractivity contribution in [3.8, 4) is 11.8 Å². The van der Waals surface area contributed by atoms with Crippen LogP contribution in [-0.2, 0) is 4.74 Å². The van der Waals surface area contributed by atoms with Gasteiger partial charge in [0.25, 0.3) is 0 Å². The van der Waals surface area contributed by atoms with E-state index in [4.69, 9.17) is 15.2 Å². The van der Waals surface area contributed by atoms with Crippen molar-refractivity contribution in [2.24, 2.45) is 0 Å². The molecule has 2 aromatic heterocycles. The molecule has 0 unspecified atom stereocenters. The van der Waals surface area contributed by atoms with Crippen LogP contribution in [0.1, 0.15) is 19.1 Å². The van der Waals surface area contributed by atoms with E-state index in [1.807, 2.05) is 0 Å². The number of fused-ring (bicyclic) bond motifs is 1. The molecule has 0 aliphatic carbocycles. The van der Waals surface area contributed by atoms with Crippen LogP contribution in [0, 0.1) is 11.6 Å². The number of imidazole rings is 1. The Bertz CT molecular complexity index is 964. The van der Waals surface area contributed by atoms with E-state index in [2.05, 4.69) is 15.0 Å². The third kappa shape index (κ3) is 2.93. The fourth-order valence-electron chi connectivity index (χ4n) is 2.85. The fourth-order valence-corrected chi connectivity index (χ4v) is 2.85. The molecule has 4 rings (SSSR count). The zero-order valence-corrected chi connectivity index (χ0v) is 13.5. The number of aliphatic hydroxyl groups is 1. The average Bonchev–Trinajstić information content (AvgIpc) is 3.24. The fraction of sp³-hybridized carbons (Fsp3) is 0.312.